The molecule has 0 aromatic rings. The van der Waals surface area contributed by atoms with E-state index in [1.54, 1.807) is 0 Å². The molecule has 0 saturated carbocycles. The van der Waals surface area contributed by atoms with Crippen molar-refractivity contribution in [3.05, 3.63) is 0 Å². The van der Waals surface area contributed by atoms with Crippen LogP contribution >= 0.6 is 15.6 Å². The van der Waals surface area contributed by atoms with Crippen molar-refractivity contribution in [2.45, 2.75) is 401 Å². The number of aliphatic hydroxyl groups excluding tert-OH is 1. The fourth-order valence-electron chi connectivity index (χ4n) is 11.5. The Morgan fingerprint density at radius 1 is 0.295 bits per heavy atom. The van der Waals surface area contributed by atoms with Gasteiger partial charge in [0, 0.05) is 25.7 Å². The molecule has 0 heterocycles. The summed E-state index contributed by atoms with van der Waals surface area (Å²) in [4.78, 5) is 72.8. The molecule has 0 fully saturated rings. The van der Waals surface area contributed by atoms with Crippen LogP contribution in [0.3, 0.4) is 0 Å². The van der Waals surface area contributed by atoms with Crippen molar-refractivity contribution in [1.29, 1.82) is 0 Å². The maximum absolute atomic E-state index is 13.1. The summed E-state index contributed by atoms with van der Waals surface area (Å²) in [5.41, 5.74) is 0. The molecule has 3 N–H and O–H groups in total. The topological polar surface area (TPSA) is 237 Å². The number of aliphatic hydroxyl groups is 1. The van der Waals surface area contributed by atoms with Gasteiger partial charge in [0.15, 0.2) is 12.2 Å². The molecule has 19 heteroatoms. The van der Waals surface area contributed by atoms with E-state index in [1.807, 2.05) is 0 Å². The molecular weight excluding hydrogens is 1250 g/mol. The van der Waals surface area contributed by atoms with Crippen molar-refractivity contribution in [3.63, 3.8) is 0 Å². The van der Waals surface area contributed by atoms with Crippen molar-refractivity contribution < 1.29 is 80.2 Å². The highest BCUT2D eigenvalue weighted by atomic mass is 31.2. The zero-order valence-corrected chi connectivity index (χ0v) is 64.1. The molecule has 7 atom stereocenters. The van der Waals surface area contributed by atoms with Crippen LogP contribution in [0.5, 0.6) is 0 Å². The summed E-state index contributed by atoms with van der Waals surface area (Å²) in [5, 5.41) is 10.6. The average molecular weight is 1400 g/mol. The van der Waals surface area contributed by atoms with E-state index >= 15 is 0 Å². The number of unbranched alkanes of at least 4 members (excludes halogenated alkanes) is 37. The molecule has 0 rings (SSSR count). The van der Waals surface area contributed by atoms with Gasteiger partial charge in [0.05, 0.1) is 26.4 Å². The second-order valence-corrected chi connectivity index (χ2v) is 31.7. The smallest absolute Gasteiger partial charge is 0.462 e. The fourth-order valence-corrected chi connectivity index (χ4v) is 13.1. The third-order valence-electron chi connectivity index (χ3n) is 18.3. The number of hydrogen-bond donors (Lipinski definition) is 3. The molecule has 0 aromatic heterocycles. The molecule has 17 nitrogen and oxygen atoms in total. The Morgan fingerprint density at radius 3 is 0.747 bits per heavy atom. The highest BCUT2D eigenvalue weighted by molar-refractivity contribution is 7.47. The van der Waals surface area contributed by atoms with Gasteiger partial charge in [-0.3, -0.25) is 37.3 Å². The van der Waals surface area contributed by atoms with Gasteiger partial charge in [-0.05, 0) is 49.4 Å². The van der Waals surface area contributed by atoms with Gasteiger partial charge < -0.3 is 33.8 Å². The average Bonchev–Trinajstić information content (AvgIpc) is 2.39. The molecule has 564 valence electrons. The molecule has 0 aliphatic rings. The zero-order valence-electron chi connectivity index (χ0n) is 62.3. The SMILES string of the molecule is CCC(C)CCCCCCCCC(=O)OC[C@H](COP(=O)(O)OC[C@H](O)COP(=O)(O)OC[C@@H](COC(=O)CCCCCCCCCCCCCCCC(C)C)OC(=O)CCCCCCCCCCCCCCCCCCC(C)C)OC(=O)CCCCCCCCC(C)CC. The molecule has 0 aromatic carbocycles. The molecule has 95 heavy (non-hydrogen) atoms. The van der Waals surface area contributed by atoms with E-state index in [9.17, 15) is 43.2 Å². The van der Waals surface area contributed by atoms with Gasteiger partial charge in [-0.15, -0.1) is 0 Å². The first-order valence-electron chi connectivity index (χ1n) is 39.3. The Morgan fingerprint density at radius 2 is 0.505 bits per heavy atom. The minimum Gasteiger partial charge on any atom is -0.462 e. The third kappa shape index (κ3) is 67.6. The summed E-state index contributed by atoms with van der Waals surface area (Å²) in [6, 6.07) is 0. The molecule has 0 aliphatic carbocycles. The molecule has 0 bridgehead atoms. The normalized spacial score (nSPS) is 14.7. The van der Waals surface area contributed by atoms with Crippen LogP contribution in [-0.4, -0.2) is 96.7 Å². The van der Waals surface area contributed by atoms with Crippen LogP contribution in [0.2, 0.25) is 0 Å². The minimum atomic E-state index is -4.96. The van der Waals surface area contributed by atoms with Crippen LogP contribution in [0.15, 0.2) is 0 Å². The predicted octanol–water partition coefficient (Wildman–Crippen LogP) is 22.0. The Hall–Kier alpha value is -1.94. The van der Waals surface area contributed by atoms with E-state index < -0.39 is 97.5 Å². The summed E-state index contributed by atoms with van der Waals surface area (Å²) in [7, 11) is -9.91. The van der Waals surface area contributed by atoms with Gasteiger partial charge in [0.25, 0.3) is 0 Å². The second-order valence-electron chi connectivity index (χ2n) is 28.8. The summed E-state index contributed by atoms with van der Waals surface area (Å²) in [6.07, 6.45) is 50.1. The first-order valence-corrected chi connectivity index (χ1v) is 42.3. The van der Waals surface area contributed by atoms with Crippen molar-refractivity contribution in [1.82, 2.24) is 0 Å². The van der Waals surface area contributed by atoms with Gasteiger partial charge in [0.1, 0.15) is 19.3 Å². The van der Waals surface area contributed by atoms with Gasteiger partial charge in [0.2, 0.25) is 0 Å². The van der Waals surface area contributed by atoms with E-state index in [2.05, 4.69) is 55.4 Å². The Balaban J connectivity index is 5.23. The van der Waals surface area contributed by atoms with Gasteiger partial charge in [-0.25, -0.2) is 9.13 Å². The molecule has 4 unspecified atom stereocenters. The lowest BCUT2D eigenvalue weighted by atomic mass is 10.00. The summed E-state index contributed by atoms with van der Waals surface area (Å²) >= 11 is 0. The monoisotopic (exact) mass is 1400 g/mol. The van der Waals surface area contributed by atoms with E-state index in [1.165, 1.54) is 180 Å². The van der Waals surface area contributed by atoms with Crippen LogP contribution in [0, 0.1) is 23.7 Å². The van der Waals surface area contributed by atoms with Crippen LogP contribution < -0.4 is 0 Å². The molecule has 0 spiro atoms. The number of carbonyl (C=O) groups excluding carboxylic acids is 4. The standard InChI is InChI=1S/C76H148O17P2/c1-9-68(7)54-46-38-32-34-41-49-57-74(79)87-63-72(93-76(81)59-51-43-35-33-39-47-55-69(8)10-2)65-91-95(84,85)89-61-70(77)60-88-94(82,83)90-64-71(62-86-73(78)56-48-40-30-26-22-19-15-17-21-25-29-37-45-53-67(5)6)92-75(80)58-50-42-31-27-23-18-14-12-11-13-16-20-24-28-36-44-52-66(3)4/h66-72,77H,9-65H2,1-8H3,(H,82,83)(H,84,85)/t68?,69?,70-,71-,72-/m1/s1. The number of phosphoric acid groups is 2. The highest BCUT2D eigenvalue weighted by Crippen LogP contribution is 2.45. The molecule has 0 saturated heterocycles. The lowest BCUT2D eigenvalue weighted by molar-refractivity contribution is -0.161. The number of phosphoric ester groups is 2. The van der Waals surface area contributed by atoms with Gasteiger partial charge >= 0.3 is 39.5 Å². The first-order chi connectivity index (χ1) is 45.7. The predicted molar refractivity (Wildman–Crippen MR) is 386 cm³/mol. The third-order valence-corrected chi connectivity index (χ3v) is 20.2. The molecule has 0 amide bonds. The number of carbonyl (C=O) groups is 4. The highest BCUT2D eigenvalue weighted by Gasteiger charge is 2.30. The van der Waals surface area contributed by atoms with Crippen LogP contribution in [0.25, 0.3) is 0 Å². The van der Waals surface area contributed by atoms with E-state index in [0.29, 0.717) is 25.7 Å². The summed E-state index contributed by atoms with van der Waals surface area (Å²) in [5.74, 6) is 0.927. The summed E-state index contributed by atoms with van der Waals surface area (Å²) < 4.78 is 68.5. The van der Waals surface area contributed by atoms with E-state index in [4.69, 9.17) is 37.0 Å². The van der Waals surface area contributed by atoms with Gasteiger partial charge in [-0.2, -0.15) is 0 Å². The van der Waals surface area contributed by atoms with Gasteiger partial charge in [-0.1, -0.05) is 331 Å². The number of hydrogen-bond acceptors (Lipinski definition) is 15. The molecule has 0 aliphatic heterocycles. The maximum Gasteiger partial charge on any atom is 0.472 e. The molecular formula is C76H148O17P2. The quantitative estimate of drug-likeness (QED) is 0.0222. The summed E-state index contributed by atoms with van der Waals surface area (Å²) in [6.45, 7) is 14.2. The van der Waals surface area contributed by atoms with Crippen molar-refractivity contribution >= 4 is 39.5 Å². The lowest BCUT2D eigenvalue weighted by Gasteiger charge is -2.21. The largest absolute Gasteiger partial charge is 0.472 e. The van der Waals surface area contributed by atoms with Crippen LogP contribution in [0.4, 0.5) is 0 Å². The van der Waals surface area contributed by atoms with Crippen molar-refractivity contribution in [3.8, 4) is 0 Å². The Bertz CT molecular complexity index is 1870. The maximum atomic E-state index is 13.1. The Kier molecular flexibility index (Phi) is 64.0. The second kappa shape index (κ2) is 65.4. The number of rotatable bonds is 73. The minimum absolute atomic E-state index is 0.102. The Labute approximate surface area is 581 Å². The van der Waals surface area contributed by atoms with E-state index in [-0.39, 0.29) is 25.7 Å². The fraction of sp³-hybridized carbons (Fsp3) is 0.947. The van der Waals surface area contributed by atoms with E-state index in [0.717, 1.165) is 120 Å². The first kappa shape index (κ1) is 93.1. The number of esters is 4. The number of ether oxygens (including phenoxy) is 4. The lowest BCUT2D eigenvalue weighted by Crippen LogP contribution is -2.30. The van der Waals surface area contributed by atoms with Crippen LogP contribution in [-0.2, 0) is 65.4 Å². The van der Waals surface area contributed by atoms with Crippen molar-refractivity contribution in [2.75, 3.05) is 39.6 Å². The van der Waals surface area contributed by atoms with Crippen LogP contribution in [0.1, 0.15) is 383 Å². The molecule has 0 radical (unpaired) electrons. The zero-order chi connectivity index (χ0) is 70.3. The van der Waals surface area contributed by atoms with Crippen molar-refractivity contribution in [2.24, 2.45) is 23.7 Å².